The molecule has 0 bridgehead atoms. The lowest BCUT2D eigenvalue weighted by Gasteiger charge is -2.25. The van der Waals surface area contributed by atoms with E-state index >= 15 is 0 Å². The maximum absolute atomic E-state index is 13.3. The Bertz CT molecular complexity index is 1510. The first-order valence-corrected chi connectivity index (χ1v) is 15.2. The highest BCUT2D eigenvalue weighted by Crippen LogP contribution is 2.08. The van der Waals surface area contributed by atoms with E-state index in [9.17, 15) is 43.5 Å². The van der Waals surface area contributed by atoms with Crippen molar-refractivity contribution in [2.45, 2.75) is 75.8 Å². The molecule has 17 nitrogen and oxygen atoms in total. The van der Waals surface area contributed by atoms with Gasteiger partial charge in [-0.3, -0.25) is 33.6 Å². The van der Waals surface area contributed by atoms with Crippen LogP contribution in [0.1, 0.15) is 37.8 Å². The van der Waals surface area contributed by atoms with Crippen LogP contribution in [-0.4, -0.2) is 93.8 Å². The van der Waals surface area contributed by atoms with Gasteiger partial charge in [-0.2, -0.15) is 0 Å². The van der Waals surface area contributed by atoms with Gasteiger partial charge in [0.05, 0.1) is 18.9 Å². The van der Waals surface area contributed by atoms with Gasteiger partial charge in [-0.15, -0.1) is 0 Å². The lowest BCUT2D eigenvalue weighted by Crippen LogP contribution is -2.58. The number of aliphatic carboxylic acids is 2. The summed E-state index contributed by atoms with van der Waals surface area (Å²) in [6.45, 7) is 2.57. The van der Waals surface area contributed by atoms with Gasteiger partial charge in [0, 0.05) is 12.8 Å². The molecule has 6 atom stereocenters. The van der Waals surface area contributed by atoms with E-state index in [1.807, 2.05) is 0 Å². The quantitative estimate of drug-likeness (QED) is 0.0759. The summed E-state index contributed by atoms with van der Waals surface area (Å²) < 4.78 is 0. The molecule has 0 saturated carbocycles. The number of carboxylic acids is 2. The second-order valence-electron chi connectivity index (χ2n) is 11.2. The Balaban J connectivity index is 2.09. The van der Waals surface area contributed by atoms with Gasteiger partial charge in [-0.25, -0.2) is 4.79 Å². The molecule has 49 heavy (non-hydrogen) atoms. The van der Waals surface area contributed by atoms with Crippen LogP contribution in [0.3, 0.4) is 0 Å². The Morgan fingerprint density at radius 1 is 0.571 bits per heavy atom. The molecule has 0 saturated heterocycles. The third kappa shape index (κ3) is 13.8. The molecule has 2 aromatic carbocycles. The van der Waals surface area contributed by atoms with Crippen molar-refractivity contribution < 1.29 is 48.6 Å². The minimum absolute atomic E-state index is 0.00763. The highest BCUT2D eigenvalue weighted by Gasteiger charge is 2.31. The highest BCUT2D eigenvalue weighted by atomic mass is 16.4. The maximum atomic E-state index is 13.3. The first kappa shape index (κ1) is 39.3. The van der Waals surface area contributed by atoms with Crippen molar-refractivity contribution in [3.63, 3.8) is 0 Å². The fourth-order valence-corrected chi connectivity index (χ4v) is 4.43. The largest absolute Gasteiger partial charge is 0.481 e. The normalized spacial score (nSPS) is 14.3. The SMILES string of the molecule is C[C@H](NC(=O)[C@H](C)NC(=O)[C@H](CC(N)=O)NC(=O)[C@@H](N)CC(=O)O)C(=O)N[C@@H](Cc1ccccc1)C(=O)N[C@@H](Cc1ccccc1)C(=O)O. The average Bonchev–Trinajstić information content (AvgIpc) is 3.03. The molecule has 6 amide bonds. The standard InChI is InChI=1S/C32H41N7O10/c1-17(36-30(46)23(16-25(34)40)38-29(45)21(33)15-26(41)42)27(43)35-18(2)28(44)37-22(13-19-9-5-3-6-10-19)31(47)39-24(32(48)49)14-20-11-7-4-8-12-20/h3-12,17-18,21-24H,13-16,33H2,1-2H3,(H2,34,40)(H,35,43)(H,36,46)(H,37,44)(H,38,45)(H,39,47)(H,41,42)(H,48,49)/t17-,18-,21-,22-,23-,24-/m0/s1. The second kappa shape index (κ2) is 19.1. The van der Waals surface area contributed by atoms with Gasteiger partial charge in [0.15, 0.2) is 0 Å². The number of amides is 6. The molecule has 0 aliphatic heterocycles. The van der Waals surface area contributed by atoms with Crippen molar-refractivity contribution in [1.82, 2.24) is 26.6 Å². The monoisotopic (exact) mass is 683 g/mol. The summed E-state index contributed by atoms with van der Waals surface area (Å²) in [5, 5.41) is 30.4. The van der Waals surface area contributed by atoms with Gasteiger partial charge in [0.25, 0.3) is 0 Å². The van der Waals surface area contributed by atoms with Crippen molar-refractivity contribution in [3.05, 3.63) is 71.8 Å². The van der Waals surface area contributed by atoms with E-state index in [0.717, 1.165) is 0 Å². The lowest BCUT2D eigenvalue weighted by molar-refractivity contribution is -0.142. The average molecular weight is 684 g/mol. The van der Waals surface area contributed by atoms with E-state index in [1.165, 1.54) is 13.8 Å². The van der Waals surface area contributed by atoms with Gasteiger partial charge in [0.1, 0.15) is 30.2 Å². The van der Waals surface area contributed by atoms with Gasteiger partial charge in [-0.1, -0.05) is 60.7 Å². The molecule has 2 aromatic rings. The van der Waals surface area contributed by atoms with Crippen molar-refractivity contribution >= 4 is 47.4 Å². The first-order valence-electron chi connectivity index (χ1n) is 15.2. The minimum atomic E-state index is -1.59. The molecule has 0 heterocycles. The van der Waals surface area contributed by atoms with Crippen molar-refractivity contribution in [2.24, 2.45) is 11.5 Å². The van der Waals surface area contributed by atoms with Crippen molar-refractivity contribution in [3.8, 4) is 0 Å². The van der Waals surface area contributed by atoms with Crippen LogP contribution in [0.4, 0.5) is 0 Å². The number of carbonyl (C=O) groups is 8. The number of rotatable bonds is 19. The Labute approximate surface area is 281 Å². The Hall–Kier alpha value is -5.84. The van der Waals surface area contributed by atoms with Gasteiger partial charge < -0.3 is 48.3 Å². The van der Waals surface area contributed by atoms with Gasteiger partial charge in [-0.05, 0) is 25.0 Å². The molecule has 0 aromatic heterocycles. The van der Waals surface area contributed by atoms with Crippen LogP contribution in [0.2, 0.25) is 0 Å². The Morgan fingerprint density at radius 2 is 0.980 bits per heavy atom. The summed E-state index contributed by atoms with van der Waals surface area (Å²) in [6.07, 6.45) is -1.46. The third-order valence-corrected chi connectivity index (χ3v) is 7.09. The zero-order valence-electron chi connectivity index (χ0n) is 26.9. The summed E-state index contributed by atoms with van der Waals surface area (Å²) in [5.41, 5.74) is 12.0. The molecule has 0 radical (unpaired) electrons. The molecule has 0 aliphatic rings. The molecule has 2 rings (SSSR count). The topological polar surface area (TPSA) is 289 Å². The first-order chi connectivity index (χ1) is 23.1. The second-order valence-corrected chi connectivity index (χ2v) is 11.2. The molecule has 17 heteroatoms. The summed E-state index contributed by atoms with van der Waals surface area (Å²) in [4.78, 5) is 98.7. The zero-order chi connectivity index (χ0) is 36.7. The smallest absolute Gasteiger partial charge is 0.326 e. The van der Waals surface area contributed by atoms with E-state index in [1.54, 1.807) is 60.7 Å². The molecule has 0 unspecified atom stereocenters. The van der Waals surface area contributed by atoms with Crippen LogP contribution in [-0.2, 0) is 51.2 Å². The number of primary amides is 1. The summed E-state index contributed by atoms with van der Waals surface area (Å²) >= 11 is 0. The van der Waals surface area contributed by atoms with E-state index in [4.69, 9.17) is 16.6 Å². The molecular weight excluding hydrogens is 642 g/mol. The number of carbonyl (C=O) groups excluding carboxylic acids is 6. The van der Waals surface area contributed by atoms with Crippen molar-refractivity contribution in [2.75, 3.05) is 0 Å². The van der Waals surface area contributed by atoms with Crippen LogP contribution in [0, 0.1) is 0 Å². The van der Waals surface area contributed by atoms with Gasteiger partial charge in [0.2, 0.25) is 35.4 Å². The number of hydrogen-bond acceptors (Lipinski definition) is 9. The number of benzene rings is 2. The predicted molar refractivity (Wildman–Crippen MR) is 173 cm³/mol. The molecule has 0 spiro atoms. The Kier molecular flexibility index (Phi) is 15.3. The van der Waals surface area contributed by atoms with E-state index in [2.05, 4.69) is 26.6 Å². The molecule has 0 fully saturated rings. The number of carboxylic acid groups (broad SMARTS) is 2. The maximum Gasteiger partial charge on any atom is 0.326 e. The minimum Gasteiger partial charge on any atom is -0.481 e. The summed E-state index contributed by atoms with van der Waals surface area (Å²) in [6, 6.07) is 9.05. The van der Waals surface area contributed by atoms with Crippen LogP contribution in [0.15, 0.2) is 60.7 Å². The lowest BCUT2D eigenvalue weighted by atomic mass is 10.0. The van der Waals surface area contributed by atoms with Crippen LogP contribution in [0.5, 0.6) is 0 Å². The highest BCUT2D eigenvalue weighted by molar-refractivity contribution is 5.97. The third-order valence-electron chi connectivity index (χ3n) is 7.09. The molecule has 11 N–H and O–H groups in total. The summed E-state index contributed by atoms with van der Waals surface area (Å²) in [5.74, 6) is -8.14. The van der Waals surface area contributed by atoms with Gasteiger partial charge >= 0.3 is 11.9 Å². The van der Waals surface area contributed by atoms with Crippen LogP contribution < -0.4 is 38.1 Å². The van der Waals surface area contributed by atoms with Crippen LogP contribution >= 0.6 is 0 Å². The summed E-state index contributed by atoms with van der Waals surface area (Å²) in [7, 11) is 0. The predicted octanol–water partition coefficient (Wildman–Crippen LogP) is -2.30. The van der Waals surface area contributed by atoms with E-state index in [-0.39, 0.29) is 12.8 Å². The van der Waals surface area contributed by atoms with Crippen molar-refractivity contribution in [1.29, 1.82) is 0 Å². The van der Waals surface area contributed by atoms with E-state index in [0.29, 0.717) is 11.1 Å². The number of nitrogens with one attached hydrogen (secondary N) is 5. The molecule has 264 valence electrons. The molecular formula is C32H41N7O10. The Morgan fingerprint density at radius 3 is 1.45 bits per heavy atom. The zero-order valence-corrected chi connectivity index (χ0v) is 26.9. The van der Waals surface area contributed by atoms with Crippen LogP contribution in [0.25, 0.3) is 0 Å². The number of hydrogen-bond donors (Lipinski definition) is 9. The molecule has 0 aliphatic carbocycles. The fraction of sp³-hybridized carbons (Fsp3) is 0.375. The fourth-order valence-electron chi connectivity index (χ4n) is 4.43. The number of nitrogens with two attached hydrogens (primary N) is 2. The van der Waals surface area contributed by atoms with E-state index < -0.39 is 96.5 Å².